The van der Waals surface area contributed by atoms with Gasteiger partial charge in [0.2, 0.25) is 5.91 Å². The summed E-state index contributed by atoms with van der Waals surface area (Å²) < 4.78 is 0. The molecule has 5 nitrogen and oxygen atoms in total. The zero-order valence-corrected chi connectivity index (χ0v) is 17.3. The summed E-state index contributed by atoms with van der Waals surface area (Å²) in [5, 5.41) is 3.36. The zero-order valence-electron chi connectivity index (χ0n) is 16.4. The van der Waals surface area contributed by atoms with Crippen LogP contribution < -0.4 is 5.32 Å². The molecule has 150 valence electrons. The number of aryl methyl sites for hydroxylation is 1. The second-order valence-electron chi connectivity index (χ2n) is 7.63. The first-order chi connectivity index (χ1) is 12.6. The van der Waals surface area contributed by atoms with E-state index in [-0.39, 0.29) is 30.1 Å². The Morgan fingerprint density at radius 3 is 2.59 bits per heavy atom. The summed E-state index contributed by atoms with van der Waals surface area (Å²) in [4.78, 5) is 29.9. The van der Waals surface area contributed by atoms with Crippen LogP contribution in [0.1, 0.15) is 48.5 Å². The Morgan fingerprint density at radius 2 is 1.96 bits per heavy atom. The van der Waals surface area contributed by atoms with E-state index in [9.17, 15) is 9.59 Å². The van der Waals surface area contributed by atoms with Gasteiger partial charge in [-0.1, -0.05) is 24.6 Å². The minimum Gasteiger partial charge on any atom is -0.338 e. The summed E-state index contributed by atoms with van der Waals surface area (Å²) >= 11 is 0. The molecular formula is C21H32ClN3O2. The second-order valence-corrected chi connectivity index (χ2v) is 7.63. The predicted octanol–water partition coefficient (Wildman–Crippen LogP) is 2.87. The van der Waals surface area contributed by atoms with E-state index in [0.29, 0.717) is 18.2 Å². The molecule has 2 unspecified atom stereocenters. The first kappa shape index (κ1) is 21.7. The van der Waals surface area contributed by atoms with Crippen molar-refractivity contribution >= 4 is 24.2 Å². The maximum atomic E-state index is 13.2. The standard InChI is InChI=1S/C21H31N3O2.ClH/c1-3-12-24(19-10-11-22-14-19)21(26)18-5-4-13-23(15-18)20(25)17-8-6-16(2)7-9-17;/h6-9,18-19,22H,3-5,10-15H2,1-2H3;1H. The quantitative estimate of drug-likeness (QED) is 0.836. The van der Waals surface area contributed by atoms with E-state index in [4.69, 9.17) is 0 Å². The van der Waals surface area contributed by atoms with Crippen LogP contribution in [-0.2, 0) is 4.79 Å². The van der Waals surface area contributed by atoms with E-state index in [1.54, 1.807) is 0 Å². The van der Waals surface area contributed by atoms with Crippen LogP contribution in [0.2, 0.25) is 0 Å². The Labute approximate surface area is 168 Å². The molecule has 0 saturated carbocycles. The molecule has 1 N–H and O–H groups in total. The van der Waals surface area contributed by atoms with Crippen molar-refractivity contribution in [3.8, 4) is 0 Å². The lowest BCUT2D eigenvalue weighted by atomic mass is 9.95. The number of rotatable bonds is 5. The van der Waals surface area contributed by atoms with Crippen LogP contribution >= 0.6 is 12.4 Å². The van der Waals surface area contributed by atoms with Crippen LogP contribution in [0.25, 0.3) is 0 Å². The minimum absolute atomic E-state index is 0. The number of carbonyl (C=O) groups excluding carboxylic acids is 2. The third-order valence-corrected chi connectivity index (χ3v) is 5.58. The highest BCUT2D eigenvalue weighted by molar-refractivity contribution is 5.94. The fraction of sp³-hybridized carbons (Fsp3) is 0.619. The zero-order chi connectivity index (χ0) is 18.5. The van der Waals surface area contributed by atoms with E-state index in [1.165, 1.54) is 0 Å². The van der Waals surface area contributed by atoms with E-state index in [2.05, 4.69) is 17.1 Å². The van der Waals surface area contributed by atoms with E-state index in [0.717, 1.165) is 57.4 Å². The highest BCUT2D eigenvalue weighted by Gasteiger charge is 2.34. The number of likely N-dealkylation sites (tertiary alicyclic amines) is 1. The summed E-state index contributed by atoms with van der Waals surface area (Å²) in [5.74, 6) is 0.222. The van der Waals surface area contributed by atoms with Crippen LogP contribution in [0.5, 0.6) is 0 Å². The first-order valence-corrected chi connectivity index (χ1v) is 9.97. The molecule has 1 aromatic carbocycles. The Balaban J connectivity index is 0.00000261. The van der Waals surface area contributed by atoms with Gasteiger partial charge in [-0.3, -0.25) is 9.59 Å². The summed E-state index contributed by atoms with van der Waals surface area (Å²) in [6.45, 7) is 8.13. The van der Waals surface area contributed by atoms with Gasteiger partial charge in [-0.05, 0) is 51.3 Å². The van der Waals surface area contributed by atoms with Crippen LogP contribution in [0.3, 0.4) is 0 Å². The minimum atomic E-state index is -0.0645. The SMILES string of the molecule is CCCN(C(=O)C1CCCN(C(=O)c2ccc(C)cc2)C1)C1CCNC1.Cl. The van der Waals surface area contributed by atoms with Gasteiger partial charge in [-0.2, -0.15) is 0 Å². The molecule has 0 spiro atoms. The van der Waals surface area contributed by atoms with Crippen molar-refractivity contribution in [3.05, 3.63) is 35.4 Å². The van der Waals surface area contributed by atoms with Crippen molar-refractivity contribution in [3.63, 3.8) is 0 Å². The van der Waals surface area contributed by atoms with Crippen molar-refractivity contribution < 1.29 is 9.59 Å². The van der Waals surface area contributed by atoms with E-state index in [1.807, 2.05) is 36.1 Å². The Hall–Kier alpha value is -1.59. The van der Waals surface area contributed by atoms with Crippen molar-refractivity contribution in [2.24, 2.45) is 5.92 Å². The smallest absolute Gasteiger partial charge is 0.253 e. The van der Waals surface area contributed by atoms with Gasteiger partial charge in [-0.25, -0.2) is 0 Å². The maximum Gasteiger partial charge on any atom is 0.253 e. The van der Waals surface area contributed by atoms with Gasteiger partial charge in [0.25, 0.3) is 5.91 Å². The number of amides is 2. The van der Waals surface area contributed by atoms with Gasteiger partial charge < -0.3 is 15.1 Å². The molecule has 2 amide bonds. The second kappa shape index (κ2) is 10.1. The van der Waals surface area contributed by atoms with Gasteiger partial charge in [0.05, 0.1) is 5.92 Å². The van der Waals surface area contributed by atoms with Crippen molar-refractivity contribution in [1.82, 2.24) is 15.1 Å². The Bertz CT molecular complexity index is 629. The van der Waals surface area contributed by atoms with Crippen molar-refractivity contribution in [2.75, 3.05) is 32.7 Å². The lowest BCUT2D eigenvalue weighted by Crippen LogP contribution is -2.50. The molecule has 2 saturated heterocycles. The lowest BCUT2D eigenvalue weighted by Gasteiger charge is -2.37. The predicted molar refractivity (Wildman–Crippen MR) is 110 cm³/mol. The number of piperidine rings is 1. The molecule has 27 heavy (non-hydrogen) atoms. The number of halogens is 1. The number of hydrogen-bond donors (Lipinski definition) is 1. The number of benzene rings is 1. The highest BCUT2D eigenvalue weighted by atomic mass is 35.5. The van der Waals surface area contributed by atoms with Crippen LogP contribution in [0.4, 0.5) is 0 Å². The molecule has 0 radical (unpaired) electrons. The van der Waals surface area contributed by atoms with E-state index < -0.39 is 0 Å². The number of nitrogens with zero attached hydrogens (tertiary/aromatic N) is 2. The van der Waals surface area contributed by atoms with Crippen LogP contribution in [0.15, 0.2) is 24.3 Å². The molecule has 2 fully saturated rings. The molecule has 2 atom stereocenters. The third-order valence-electron chi connectivity index (χ3n) is 5.58. The summed E-state index contributed by atoms with van der Waals surface area (Å²) in [7, 11) is 0. The molecule has 0 bridgehead atoms. The maximum absolute atomic E-state index is 13.2. The number of carbonyl (C=O) groups is 2. The monoisotopic (exact) mass is 393 g/mol. The normalized spacial score (nSPS) is 22.2. The first-order valence-electron chi connectivity index (χ1n) is 9.97. The molecule has 2 aliphatic rings. The number of nitrogens with one attached hydrogen (secondary N) is 1. The van der Waals surface area contributed by atoms with Gasteiger partial charge in [0, 0.05) is 37.8 Å². The summed E-state index contributed by atoms with van der Waals surface area (Å²) in [6.07, 6.45) is 3.79. The van der Waals surface area contributed by atoms with Crippen LogP contribution in [0, 0.1) is 12.8 Å². The molecule has 1 aromatic rings. The van der Waals surface area contributed by atoms with Gasteiger partial charge in [0.1, 0.15) is 0 Å². The molecule has 3 rings (SSSR count). The number of hydrogen-bond acceptors (Lipinski definition) is 3. The van der Waals surface area contributed by atoms with Crippen molar-refractivity contribution in [1.29, 1.82) is 0 Å². The van der Waals surface area contributed by atoms with Crippen LogP contribution in [-0.4, -0.2) is 60.4 Å². The Morgan fingerprint density at radius 1 is 1.22 bits per heavy atom. The topological polar surface area (TPSA) is 52.7 Å². The molecule has 6 heteroatoms. The highest BCUT2D eigenvalue weighted by Crippen LogP contribution is 2.23. The Kier molecular flexibility index (Phi) is 8.11. The fourth-order valence-electron chi connectivity index (χ4n) is 4.10. The van der Waals surface area contributed by atoms with E-state index >= 15 is 0 Å². The summed E-state index contributed by atoms with van der Waals surface area (Å²) in [5.41, 5.74) is 1.86. The van der Waals surface area contributed by atoms with Gasteiger partial charge in [-0.15, -0.1) is 12.4 Å². The molecular weight excluding hydrogens is 362 g/mol. The van der Waals surface area contributed by atoms with Gasteiger partial charge >= 0.3 is 0 Å². The molecule has 0 aliphatic carbocycles. The average Bonchev–Trinajstić information content (AvgIpc) is 3.20. The van der Waals surface area contributed by atoms with Gasteiger partial charge in [0.15, 0.2) is 0 Å². The molecule has 2 heterocycles. The summed E-state index contributed by atoms with van der Waals surface area (Å²) in [6, 6.07) is 8.02. The largest absolute Gasteiger partial charge is 0.338 e. The fourth-order valence-corrected chi connectivity index (χ4v) is 4.10. The lowest BCUT2D eigenvalue weighted by molar-refractivity contribution is -0.139. The average molecular weight is 394 g/mol. The molecule has 0 aromatic heterocycles. The molecule has 2 aliphatic heterocycles. The van der Waals surface area contributed by atoms with Crippen molar-refractivity contribution in [2.45, 2.75) is 45.6 Å². The third kappa shape index (κ3) is 5.23.